The van der Waals surface area contributed by atoms with Crippen molar-refractivity contribution < 1.29 is 10.2 Å². The maximum Gasteiger partial charge on any atom is 0.145 e. The Morgan fingerprint density at radius 3 is 2.73 bits per heavy atom. The van der Waals surface area contributed by atoms with Crippen LogP contribution < -0.4 is 0 Å². The Kier molecular flexibility index (Phi) is 3.62. The Bertz CT molecular complexity index is 375. The molecule has 0 unspecified atom stereocenters. The van der Waals surface area contributed by atoms with Crippen molar-refractivity contribution in [3.63, 3.8) is 0 Å². The van der Waals surface area contributed by atoms with Crippen LogP contribution in [-0.4, -0.2) is 40.5 Å². The number of hydrazone groups is 1. The summed E-state index contributed by atoms with van der Waals surface area (Å²) in [5, 5.41) is 24.4. The summed E-state index contributed by atoms with van der Waals surface area (Å²) < 4.78 is 0. The van der Waals surface area contributed by atoms with Gasteiger partial charge in [-0.15, -0.1) is 0 Å². The van der Waals surface area contributed by atoms with Crippen LogP contribution in [0.5, 0.6) is 5.75 Å². The number of aryl methyl sites for hydroxylation is 1. The summed E-state index contributed by atoms with van der Waals surface area (Å²) >= 11 is 0. The van der Waals surface area contributed by atoms with E-state index >= 15 is 0 Å². The summed E-state index contributed by atoms with van der Waals surface area (Å²) in [6.07, 6.45) is 3.04. The fourth-order valence-corrected chi connectivity index (χ4v) is 1.10. The molecule has 0 aromatic carbocycles. The Morgan fingerprint density at radius 1 is 1.53 bits per heavy atom. The normalized spacial score (nSPS) is 10.9. The van der Waals surface area contributed by atoms with Crippen molar-refractivity contribution in [2.75, 3.05) is 14.1 Å². The maximum absolute atomic E-state index is 9.74. The van der Waals surface area contributed by atoms with Crippen LogP contribution in [0, 0.1) is 6.92 Å². The van der Waals surface area contributed by atoms with Gasteiger partial charge in [0.05, 0.1) is 18.5 Å². The van der Waals surface area contributed by atoms with Gasteiger partial charge >= 0.3 is 0 Å². The molecule has 0 spiro atoms. The molecular weight excluding hydrogens is 194 g/mol. The lowest BCUT2D eigenvalue weighted by Crippen LogP contribution is -2.04. The molecule has 0 aliphatic heterocycles. The molecule has 0 amide bonds. The first-order valence-electron chi connectivity index (χ1n) is 4.56. The number of nitrogens with zero attached hydrogens (tertiary/aromatic N) is 3. The van der Waals surface area contributed by atoms with E-state index in [0.717, 1.165) is 0 Å². The molecule has 1 heterocycles. The largest absolute Gasteiger partial charge is 0.505 e. The van der Waals surface area contributed by atoms with Gasteiger partial charge in [-0.05, 0) is 6.92 Å². The van der Waals surface area contributed by atoms with Crippen molar-refractivity contribution in [1.29, 1.82) is 0 Å². The number of hydrogen-bond acceptors (Lipinski definition) is 5. The molecule has 1 rings (SSSR count). The van der Waals surface area contributed by atoms with E-state index in [1.165, 1.54) is 12.4 Å². The van der Waals surface area contributed by atoms with Gasteiger partial charge in [0.15, 0.2) is 0 Å². The lowest BCUT2D eigenvalue weighted by atomic mass is 10.1. The summed E-state index contributed by atoms with van der Waals surface area (Å²) in [6, 6.07) is 0. The van der Waals surface area contributed by atoms with E-state index in [0.29, 0.717) is 16.8 Å². The first-order valence-corrected chi connectivity index (χ1v) is 4.56. The Hall–Kier alpha value is -1.62. The molecule has 0 aliphatic carbocycles. The van der Waals surface area contributed by atoms with E-state index in [2.05, 4.69) is 10.1 Å². The summed E-state index contributed by atoms with van der Waals surface area (Å²) in [5.41, 5.74) is 1.59. The van der Waals surface area contributed by atoms with Crippen LogP contribution in [0.15, 0.2) is 11.3 Å². The second-order valence-corrected chi connectivity index (χ2v) is 3.38. The van der Waals surface area contributed by atoms with Gasteiger partial charge < -0.3 is 15.2 Å². The molecule has 0 bridgehead atoms. The Labute approximate surface area is 88.7 Å². The van der Waals surface area contributed by atoms with Gasteiger partial charge in [0, 0.05) is 31.4 Å². The third-order valence-electron chi connectivity index (χ3n) is 1.95. The fraction of sp³-hybridized carbons (Fsp3) is 0.400. The molecule has 0 fully saturated rings. The summed E-state index contributed by atoms with van der Waals surface area (Å²) in [7, 11) is 3.56. The molecule has 0 saturated heterocycles. The first kappa shape index (κ1) is 11.5. The summed E-state index contributed by atoms with van der Waals surface area (Å²) in [6.45, 7) is 1.53. The number of aromatic hydroxyl groups is 1. The topological polar surface area (TPSA) is 69.0 Å². The van der Waals surface area contributed by atoms with Gasteiger partial charge in [0.25, 0.3) is 0 Å². The minimum absolute atomic E-state index is 0.0622. The lowest BCUT2D eigenvalue weighted by molar-refractivity contribution is 0.280. The molecule has 5 nitrogen and oxygen atoms in total. The molecular formula is C10H15N3O2. The van der Waals surface area contributed by atoms with E-state index in [-0.39, 0.29) is 12.4 Å². The molecule has 15 heavy (non-hydrogen) atoms. The molecule has 82 valence electrons. The SMILES string of the molecule is Cc1ncc(CO)c(/C=N/N(C)C)c1O. The number of rotatable bonds is 3. The van der Waals surface area contributed by atoms with Crippen molar-refractivity contribution in [2.45, 2.75) is 13.5 Å². The molecule has 1 aromatic heterocycles. The minimum atomic E-state index is -0.171. The molecule has 2 N–H and O–H groups in total. The third kappa shape index (κ3) is 2.66. The van der Waals surface area contributed by atoms with Crippen LogP contribution in [0.4, 0.5) is 0 Å². The van der Waals surface area contributed by atoms with Gasteiger partial charge in [0.2, 0.25) is 0 Å². The van der Waals surface area contributed by atoms with Gasteiger partial charge in [-0.2, -0.15) is 5.10 Å². The molecule has 1 aromatic rings. The van der Waals surface area contributed by atoms with Crippen LogP contribution in [0.3, 0.4) is 0 Å². The van der Waals surface area contributed by atoms with Crippen LogP contribution in [-0.2, 0) is 6.61 Å². The predicted octanol–water partition coefficient (Wildman–Crippen LogP) is 0.483. The average Bonchev–Trinajstić information content (AvgIpc) is 2.20. The van der Waals surface area contributed by atoms with Crippen molar-refractivity contribution in [3.8, 4) is 5.75 Å². The minimum Gasteiger partial charge on any atom is -0.505 e. The van der Waals surface area contributed by atoms with Gasteiger partial charge in [0.1, 0.15) is 5.75 Å². The fourth-order valence-electron chi connectivity index (χ4n) is 1.10. The zero-order valence-electron chi connectivity index (χ0n) is 9.10. The van der Waals surface area contributed by atoms with Crippen molar-refractivity contribution in [1.82, 2.24) is 9.99 Å². The zero-order chi connectivity index (χ0) is 11.4. The van der Waals surface area contributed by atoms with Crippen LogP contribution >= 0.6 is 0 Å². The van der Waals surface area contributed by atoms with E-state index in [4.69, 9.17) is 5.11 Å². The number of hydrogen-bond donors (Lipinski definition) is 2. The van der Waals surface area contributed by atoms with E-state index in [9.17, 15) is 5.11 Å². The number of aliphatic hydroxyl groups excluding tert-OH is 1. The monoisotopic (exact) mass is 209 g/mol. The number of aliphatic hydroxyl groups is 1. The van der Waals surface area contributed by atoms with Gasteiger partial charge in [-0.3, -0.25) is 4.98 Å². The van der Waals surface area contributed by atoms with Gasteiger partial charge in [-0.25, -0.2) is 0 Å². The molecule has 0 atom stereocenters. The van der Waals surface area contributed by atoms with Crippen LogP contribution in [0.2, 0.25) is 0 Å². The van der Waals surface area contributed by atoms with Crippen LogP contribution in [0.1, 0.15) is 16.8 Å². The highest BCUT2D eigenvalue weighted by Crippen LogP contribution is 2.21. The highest BCUT2D eigenvalue weighted by atomic mass is 16.3. The lowest BCUT2D eigenvalue weighted by Gasteiger charge is -2.08. The highest BCUT2D eigenvalue weighted by Gasteiger charge is 2.08. The van der Waals surface area contributed by atoms with Crippen molar-refractivity contribution >= 4 is 6.21 Å². The smallest absolute Gasteiger partial charge is 0.145 e. The number of pyridine rings is 1. The molecule has 0 aliphatic rings. The second-order valence-electron chi connectivity index (χ2n) is 3.38. The predicted molar refractivity (Wildman–Crippen MR) is 57.8 cm³/mol. The van der Waals surface area contributed by atoms with Gasteiger partial charge in [-0.1, -0.05) is 0 Å². The standard InChI is InChI=1S/C10H15N3O2/c1-7-10(15)9(5-12-13(2)3)8(6-14)4-11-7/h4-5,14-15H,6H2,1-3H3/b12-5+. The Morgan fingerprint density at radius 2 is 2.20 bits per heavy atom. The zero-order valence-corrected chi connectivity index (χ0v) is 9.10. The van der Waals surface area contributed by atoms with E-state index in [1.54, 1.807) is 26.0 Å². The summed E-state index contributed by atoms with van der Waals surface area (Å²) in [5.74, 6) is 0.0622. The molecule has 0 radical (unpaired) electrons. The first-order chi connectivity index (χ1) is 7.06. The second kappa shape index (κ2) is 4.75. The summed E-state index contributed by atoms with van der Waals surface area (Å²) in [4.78, 5) is 3.95. The maximum atomic E-state index is 9.74. The van der Waals surface area contributed by atoms with Crippen molar-refractivity contribution in [2.24, 2.45) is 5.10 Å². The Balaban J connectivity index is 3.18. The quantitative estimate of drug-likeness (QED) is 0.561. The van der Waals surface area contributed by atoms with E-state index < -0.39 is 0 Å². The van der Waals surface area contributed by atoms with Crippen LogP contribution in [0.25, 0.3) is 0 Å². The molecule has 0 saturated carbocycles. The van der Waals surface area contributed by atoms with Crippen molar-refractivity contribution in [3.05, 3.63) is 23.0 Å². The average molecular weight is 209 g/mol. The number of aromatic nitrogens is 1. The van der Waals surface area contributed by atoms with E-state index in [1.807, 2.05) is 0 Å². The molecule has 5 heteroatoms. The third-order valence-corrected chi connectivity index (χ3v) is 1.95. The highest BCUT2D eigenvalue weighted by molar-refractivity contribution is 5.85.